The molecule has 1 fully saturated rings. The number of hydrogen-bond donors (Lipinski definition) is 3. The van der Waals surface area contributed by atoms with Crippen LogP contribution in [0, 0.1) is 0 Å². The number of amides is 2. The monoisotopic (exact) mass is 207 g/mol. The Morgan fingerprint density at radius 3 is 2.21 bits per heavy atom. The van der Waals surface area contributed by atoms with Crippen LogP contribution in [-0.2, 0) is 9.59 Å². The van der Waals surface area contributed by atoms with Gasteiger partial charge >= 0.3 is 11.8 Å². The number of rotatable bonds is 3. The van der Waals surface area contributed by atoms with Crippen LogP contribution in [0.1, 0.15) is 0 Å². The van der Waals surface area contributed by atoms with Gasteiger partial charge in [0.25, 0.3) is 5.92 Å². The molecule has 1 aliphatic heterocycles. The zero-order chi connectivity index (χ0) is 10.8. The molecule has 0 unspecified atom stereocenters. The van der Waals surface area contributed by atoms with E-state index in [0.717, 1.165) is 0 Å². The lowest BCUT2D eigenvalue weighted by Crippen LogP contribution is -2.31. The average molecular weight is 207 g/mol. The number of aliphatic imine (C=N–C) groups is 1. The number of carbonyl (C=O) groups is 2. The first-order chi connectivity index (χ1) is 6.44. The van der Waals surface area contributed by atoms with Crippen LogP contribution in [0.4, 0.5) is 8.78 Å². The largest absolute Gasteiger partial charge is 0.390 e. The highest BCUT2D eigenvalue weighted by Crippen LogP contribution is 2.11. The Bertz CT molecular complexity index is 285. The second-order valence-electron chi connectivity index (χ2n) is 2.59. The zero-order valence-corrected chi connectivity index (χ0v) is 6.88. The summed E-state index contributed by atoms with van der Waals surface area (Å²) in [4.78, 5) is 24.3. The van der Waals surface area contributed by atoms with Crippen LogP contribution in [0.25, 0.3) is 0 Å². The number of hydrogen-bond acceptors (Lipinski definition) is 4. The summed E-state index contributed by atoms with van der Waals surface area (Å²) in [5.74, 6) is -5.58. The van der Waals surface area contributed by atoms with Crippen molar-refractivity contribution in [2.45, 2.75) is 5.92 Å². The van der Waals surface area contributed by atoms with Gasteiger partial charge in [-0.3, -0.25) is 20.2 Å². The van der Waals surface area contributed by atoms with Crippen LogP contribution >= 0.6 is 0 Å². The molecule has 1 saturated heterocycles. The first-order valence-electron chi connectivity index (χ1n) is 3.60. The van der Waals surface area contributed by atoms with Gasteiger partial charge in [-0.05, 0) is 0 Å². The van der Waals surface area contributed by atoms with Crippen molar-refractivity contribution in [3.63, 3.8) is 0 Å². The third-order valence-corrected chi connectivity index (χ3v) is 1.37. The molecule has 0 aromatic heterocycles. The van der Waals surface area contributed by atoms with E-state index in [1.165, 1.54) is 0 Å². The molecule has 1 rings (SSSR count). The van der Waals surface area contributed by atoms with E-state index in [1.54, 1.807) is 0 Å². The van der Waals surface area contributed by atoms with Gasteiger partial charge in [0.1, 0.15) is 13.2 Å². The highest BCUT2D eigenvalue weighted by molar-refractivity contribution is 6.45. The molecule has 3 N–H and O–H groups in total. The Balaban J connectivity index is 2.56. The highest BCUT2D eigenvalue weighted by atomic mass is 19.3. The Hall–Kier alpha value is -1.57. The smallest absolute Gasteiger partial charge is 0.316 e. The normalized spacial score (nSPS) is 16.6. The van der Waals surface area contributed by atoms with Gasteiger partial charge in [0.05, 0.1) is 0 Å². The number of aliphatic hydroxyl groups is 1. The lowest BCUT2D eigenvalue weighted by Gasteiger charge is -2.09. The van der Waals surface area contributed by atoms with Crippen molar-refractivity contribution < 1.29 is 23.5 Å². The van der Waals surface area contributed by atoms with Crippen LogP contribution in [0.5, 0.6) is 0 Å². The number of guanidine groups is 1. The van der Waals surface area contributed by atoms with E-state index >= 15 is 0 Å². The first-order valence-corrected chi connectivity index (χ1v) is 3.60. The van der Waals surface area contributed by atoms with Gasteiger partial charge in [-0.25, -0.2) is 13.8 Å². The van der Waals surface area contributed by atoms with Gasteiger partial charge in [-0.2, -0.15) is 0 Å². The van der Waals surface area contributed by atoms with E-state index in [4.69, 9.17) is 5.11 Å². The van der Waals surface area contributed by atoms with Crippen molar-refractivity contribution in [1.29, 1.82) is 0 Å². The maximum Gasteiger partial charge on any atom is 0.316 e. The molecule has 2 amide bonds. The summed E-state index contributed by atoms with van der Waals surface area (Å²) < 4.78 is 24.8. The number of nitrogens with zero attached hydrogens (tertiary/aromatic N) is 1. The topological polar surface area (TPSA) is 90.8 Å². The van der Waals surface area contributed by atoms with Crippen molar-refractivity contribution >= 4 is 17.8 Å². The Labute approximate surface area is 77.0 Å². The van der Waals surface area contributed by atoms with E-state index in [1.807, 2.05) is 10.6 Å². The van der Waals surface area contributed by atoms with Crippen molar-refractivity contribution in [2.24, 2.45) is 4.99 Å². The molecule has 0 atom stereocenters. The van der Waals surface area contributed by atoms with Crippen LogP contribution < -0.4 is 10.6 Å². The molecule has 0 aromatic carbocycles. The molecule has 8 heteroatoms. The van der Waals surface area contributed by atoms with Gasteiger partial charge in [-0.15, -0.1) is 0 Å². The minimum Gasteiger partial charge on any atom is -0.390 e. The van der Waals surface area contributed by atoms with Gasteiger partial charge in [0, 0.05) is 0 Å². The predicted octanol–water partition coefficient (Wildman–Crippen LogP) is -1.78. The molecule has 0 bridgehead atoms. The maximum atomic E-state index is 12.4. The second kappa shape index (κ2) is 3.66. The molecule has 6 nitrogen and oxygen atoms in total. The Morgan fingerprint density at radius 2 is 1.79 bits per heavy atom. The van der Waals surface area contributed by atoms with Crippen LogP contribution in [0.2, 0.25) is 0 Å². The molecule has 0 spiro atoms. The number of alkyl halides is 2. The van der Waals surface area contributed by atoms with Crippen LogP contribution in [0.15, 0.2) is 4.99 Å². The third kappa shape index (κ3) is 2.46. The first kappa shape index (κ1) is 10.5. The number of aliphatic hydroxyl groups excluding tert-OH is 1. The Morgan fingerprint density at radius 1 is 1.29 bits per heavy atom. The van der Waals surface area contributed by atoms with Crippen molar-refractivity contribution in [3.05, 3.63) is 0 Å². The average Bonchev–Trinajstić information content (AvgIpc) is 2.44. The molecule has 14 heavy (non-hydrogen) atoms. The standard InChI is InChI=1S/C6H7F2N3O3/c7-6(8,2-12)1-9-5-10-3(13)4(14)11-5/h12H,1-2H2,(H2,9,10,11,13,14). The number of halogens is 2. The summed E-state index contributed by atoms with van der Waals surface area (Å²) in [6.07, 6.45) is 0. The minimum atomic E-state index is -3.36. The van der Waals surface area contributed by atoms with Crippen molar-refractivity contribution in [2.75, 3.05) is 13.2 Å². The molecule has 1 aliphatic rings. The maximum absolute atomic E-state index is 12.4. The molecule has 0 aliphatic carbocycles. The fraction of sp³-hybridized carbons (Fsp3) is 0.500. The molecule has 0 aromatic rings. The van der Waals surface area contributed by atoms with E-state index < -0.39 is 30.9 Å². The molecule has 78 valence electrons. The zero-order valence-electron chi connectivity index (χ0n) is 6.88. The minimum absolute atomic E-state index is 0.326. The molecule has 0 radical (unpaired) electrons. The van der Waals surface area contributed by atoms with E-state index in [2.05, 4.69) is 4.99 Å². The van der Waals surface area contributed by atoms with Crippen molar-refractivity contribution in [1.82, 2.24) is 10.6 Å². The number of nitrogens with one attached hydrogen (secondary N) is 2. The quantitative estimate of drug-likeness (QED) is 0.477. The SMILES string of the molecule is O=C1NC(=NCC(F)(F)CO)NC1=O. The lowest BCUT2D eigenvalue weighted by molar-refractivity contribution is -0.135. The van der Waals surface area contributed by atoms with E-state index in [-0.39, 0.29) is 5.96 Å². The van der Waals surface area contributed by atoms with Crippen LogP contribution in [-0.4, -0.2) is 42.0 Å². The summed E-state index contributed by atoms with van der Waals surface area (Å²) in [7, 11) is 0. The fourth-order valence-electron chi connectivity index (χ4n) is 0.684. The van der Waals surface area contributed by atoms with E-state index in [0.29, 0.717) is 0 Å². The summed E-state index contributed by atoms with van der Waals surface area (Å²) in [5, 5.41) is 12.0. The second-order valence-corrected chi connectivity index (χ2v) is 2.59. The van der Waals surface area contributed by atoms with E-state index in [9.17, 15) is 18.4 Å². The lowest BCUT2D eigenvalue weighted by atomic mass is 10.4. The van der Waals surface area contributed by atoms with Gasteiger partial charge in [0.2, 0.25) is 5.96 Å². The molecule has 0 saturated carbocycles. The van der Waals surface area contributed by atoms with Gasteiger partial charge in [0.15, 0.2) is 0 Å². The van der Waals surface area contributed by atoms with Crippen LogP contribution in [0.3, 0.4) is 0 Å². The summed E-state index contributed by atoms with van der Waals surface area (Å²) >= 11 is 0. The predicted molar refractivity (Wildman–Crippen MR) is 40.6 cm³/mol. The number of carbonyl (C=O) groups excluding carboxylic acids is 2. The summed E-state index contributed by atoms with van der Waals surface area (Å²) in [6.45, 7) is -2.34. The van der Waals surface area contributed by atoms with Gasteiger partial charge < -0.3 is 5.11 Å². The summed E-state index contributed by atoms with van der Waals surface area (Å²) in [5.41, 5.74) is 0. The molecular formula is C6H7F2N3O3. The molecular weight excluding hydrogens is 200 g/mol. The Kier molecular flexibility index (Phi) is 2.75. The molecule has 1 heterocycles. The third-order valence-electron chi connectivity index (χ3n) is 1.37. The van der Waals surface area contributed by atoms with Gasteiger partial charge in [-0.1, -0.05) is 0 Å². The fourth-order valence-corrected chi connectivity index (χ4v) is 0.684. The summed E-state index contributed by atoms with van der Waals surface area (Å²) in [6, 6.07) is 0. The van der Waals surface area contributed by atoms with Crippen molar-refractivity contribution in [3.8, 4) is 0 Å². The highest BCUT2D eigenvalue weighted by Gasteiger charge is 2.30.